The highest BCUT2D eigenvalue weighted by Gasteiger charge is 2.29. The van der Waals surface area contributed by atoms with Crippen LogP contribution in [0.1, 0.15) is 42.5 Å². The van der Waals surface area contributed by atoms with E-state index < -0.39 is 0 Å². The summed E-state index contributed by atoms with van der Waals surface area (Å²) in [6.07, 6.45) is 0.998. The van der Waals surface area contributed by atoms with Crippen molar-refractivity contribution in [2.24, 2.45) is 0 Å². The maximum atomic E-state index is 10.7. The molecule has 130 valence electrons. The number of aromatic hydroxyl groups is 1. The van der Waals surface area contributed by atoms with E-state index in [9.17, 15) is 5.11 Å². The van der Waals surface area contributed by atoms with Crippen LogP contribution in [0.3, 0.4) is 0 Å². The van der Waals surface area contributed by atoms with Gasteiger partial charge in [-0.05, 0) is 50.8 Å². The van der Waals surface area contributed by atoms with Gasteiger partial charge in [-0.1, -0.05) is 64.4 Å². The van der Waals surface area contributed by atoms with Crippen molar-refractivity contribution in [3.8, 4) is 5.75 Å². The highest BCUT2D eigenvalue weighted by Crippen LogP contribution is 2.48. The first kappa shape index (κ1) is 19.0. The number of phenols is 1. The Labute approximate surface area is 148 Å². The standard InChI is InChI=1S/C21H30NOP/c1-7-21(4,18-13-15(2)12-16(3)20(18)23)24-19-11-9-8-10-17(19)14-22(5)6/h8-13,23-24H,7,14H2,1-6H3. The first-order valence-electron chi connectivity index (χ1n) is 8.58. The van der Waals surface area contributed by atoms with Gasteiger partial charge < -0.3 is 10.0 Å². The molecule has 2 aromatic carbocycles. The maximum Gasteiger partial charge on any atom is 0.122 e. The molecule has 2 aromatic rings. The Bertz CT molecular complexity index is 711. The summed E-state index contributed by atoms with van der Waals surface area (Å²) in [7, 11) is 4.84. The minimum atomic E-state index is -0.0523. The average molecular weight is 343 g/mol. The third kappa shape index (κ3) is 4.18. The van der Waals surface area contributed by atoms with E-state index in [-0.39, 0.29) is 5.16 Å². The largest absolute Gasteiger partial charge is 0.507 e. The number of benzene rings is 2. The molecule has 0 radical (unpaired) electrons. The van der Waals surface area contributed by atoms with E-state index in [1.54, 1.807) is 0 Å². The van der Waals surface area contributed by atoms with Crippen molar-refractivity contribution in [3.05, 3.63) is 58.7 Å². The first-order valence-corrected chi connectivity index (χ1v) is 9.58. The molecule has 0 amide bonds. The maximum absolute atomic E-state index is 10.7. The number of hydrogen-bond acceptors (Lipinski definition) is 2. The molecule has 3 heteroatoms. The molecule has 0 heterocycles. The summed E-state index contributed by atoms with van der Waals surface area (Å²) in [6, 6.07) is 12.9. The third-order valence-electron chi connectivity index (χ3n) is 4.66. The lowest BCUT2D eigenvalue weighted by Gasteiger charge is -2.32. The number of rotatable bonds is 6. The van der Waals surface area contributed by atoms with E-state index in [0.717, 1.165) is 24.1 Å². The summed E-state index contributed by atoms with van der Waals surface area (Å²) in [5, 5.41) is 12.0. The molecule has 2 rings (SSSR count). The zero-order valence-electron chi connectivity index (χ0n) is 15.8. The lowest BCUT2D eigenvalue weighted by molar-refractivity contribution is 0.403. The van der Waals surface area contributed by atoms with Gasteiger partial charge in [-0.15, -0.1) is 0 Å². The van der Waals surface area contributed by atoms with E-state index in [0.29, 0.717) is 14.3 Å². The van der Waals surface area contributed by atoms with E-state index >= 15 is 0 Å². The van der Waals surface area contributed by atoms with Gasteiger partial charge in [-0.2, -0.15) is 0 Å². The van der Waals surface area contributed by atoms with Crippen LogP contribution in [0.5, 0.6) is 5.75 Å². The molecule has 0 fully saturated rings. The van der Waals surface area contributed by atoms with Gasteiger partial charge in [0, 0.05) is 17.3 Å². The minimum absolute atomic E-state index is 0.0523. The number of phenolic OH excluding ortho intramolecular Hbond substituents is 1. The van der Waals surface area contributed by atoms with E-state index in [1.807, 2.05) is 6.92 Å². The van der Waals surface area contributed by atoms with Gasteiger partial charge >= 0.3 is 0 Å². The molecule has 0 aliphatic carbocycles. The van der Waals surface area contributed by atoms with Crippen molar-refractivity contribution in [1.82, 2.24) is 4.90 Å². The summed E-state index contributed by atoms with van der Waals surface area (Å²) >= 11 is 0. The Hall–Kier alpha value is -1.37. The van der Waals surface area contributed by atoms with Crippen molar-refractivity contribution < 1.29 is 5.11 Å². The van der Waals surface area contributed by atoms with Crippen LogP contribution in [-0.4, -0.2) is 24.1 Å². The number of hydrogen-bond donors (Lipinski definition) is 1. The fraction of sp³-hybridized carbons (Fsp3) is 0.429. The van der Waals surface area contributed by atoms with Crippen LogP contribution in [0.25, 0.3) is 0 Å². The average Bonchev–Trinajstić information content (AvgIpc) is 2.52. The zero-order chi connectivity index (χ0) is 17.9. The molecule has 0 aliphatic rings. The quantitative estimate of drug-likeness (QED) is 0.769. The Balaban J connectivity index is 2.46. The van der Waals surface area contributed by atoms with Gasteiger partial charge in [0.2, 0.25) is 0 Å². The molecule has 0 spiro atoms. The molecule has 2 atom stereocenters. The minimum Gasteiger partial charge on any atom is -0.507 e. The molecule has 0 saturated heterocycles. The number of aryl methyl sites for hydroxylation is 2. The van der Waals surface area contributed by atoms with E-state index in [2.05, 4.69) is 76.2 Å². The Kier molecular flexibility index (Phi) is 6.06. The summed E-state index contributed by atoms with van der Waals surface area (Å²) < 4.78 is 0. The van der Waals surface area contributed by atoms with Crippen LogP contribution in [0.2, 0.25) is 0 Å². The highest BCUT2D eigenvalue weighted by atomic mass is 31.1. The Morgan fingerprint density at radius 3 is 2.42 bits per heavy atom. The monoisotopic (exact) mass is 343 g/mol. The molecule has 0 bridgehead atoms. The van der Waals surface area contributed by atoms with E-state index in [4.69, 9.17) is 0 Å². The van der Waals surface area contributed by atoms with Crippen molar-refractivity contribution in [2.75, 3.05) is 14.1 Å². The molecular weight excluding hydrogens is 313 g/mol. The molecule has 0 aromatic heterocycles. The van der Waals surface area contributed by atoms with Crippen LogP contribution in [0.15, 0.2) is 36.4 Å². The lowest BCUT2D eigenvalue weighted by Crippen LogP contribution is -2.22. The SMILES string of the molecule is CCC(C)(Pc1ccccc1CN(C)C)c1cc(C)cc(C)c1O. The van der Waals surface area contributed by atoms with Crippen molar-refractivity contribution in [3.63, 3.8) is 0 Å². The van der Waals surface area contributed by atoms with Crippen LogP contribution in [0.4, 0.5) is 0 Å². The molecule has 2 nitrogen and oxygen atoms in total. The van der Waals surface area contributed by atoms with Gasteiger partial charge in [0.25, 0.3) is 0 Å². The highest BCUT2D eigenvalue weighted by molar-refractivity contribution is 7.48. The van der Waals surface area contributed by atoms with Crippen LogP contribution < -0.4 is 5.30 Å². The third-order valence-corrected chi connectivity index (χ3v) is 6.59. The molecule has 1 N–H and O–H groups in total. The Morgan fingerprint density at radius 1 is 1.12 bits per heavy atom. The van der Waals surface area contributed by atoms with Crippen LogP contribution >= 0.6 is 8.58 Å². The van der Waals surface area contributed by atoms with Crippen LogP contribution in [0, 0.1) is 13.8 Å². The van der Waals surface area contributed by atoms with Crippen molar-refractivity contribution in [1.29, 1.82) is 0 Å². The predicted octanol–water partition coefficient (Wildman–Crippen LogP) is 4.70. The topological polar surface area (TPSA) is 23.5 Å². The molecule has 2 unspecified atom stereocenters. The summed E-state index contributed by atoms with van der Waals surface area (Å²) in [6.45, 7) is 9.55. The molecule has 24 heavy (non-hydrogen) atoms. The molecule has 0 saturated carbocycles. The van der Waals surface area contributed by atoms with Crippen molar-refractivity contribution in [2.45, 2.75) is 45.8 Å². The van der Waals surface area contributed by atoms with Crippen LogP contribution in [-0.2, 0) is 11.7 Å². The van der Waals surface area contributed by atoms with Gasteiger partial charge in [0.15, 0.2) is 0 Å². The lowest BCUT2D eigenvalue weighted by atomic mass is 9.93. The first-order chi connectivity index (χ1) is 11.3. The van der Waals surface area contributed by atoms with Gasteiger partial charge in [0.1, 0.15) is 5.75 Å². The van der Waals surface area contributed by atoms with Crippen molar-refractivity contribution >= 4 is 13.9 Å². The Morgan fingerprint density at radius 2 is 1.79 bits per heavy atom. The number of nitrogens with zero attached hydrogens (tertiary/aromatic N) is 1. The van der Waals surface area contributed by atoms with Gasteiger partial charge in [0.05, 0.1) is 0 Å². The zero-order valence-corrected chi connectivity index (χ0v) is 16.8. The summed E-state index contributed by atoms with van der Waals surface area (Å²) in [5.74, 6) is 0.461. The summed E-state index contributed by atoms with van der Waals surface area (Å²) in [5.41, 5.74) is 4.65. The summed E-state index contributed by atoms with van der Waals surface area (Å²) in [4.78, 5) is 2.21. The second-order valence-electron chi connectivity index (χ2n) is 7.18. The molecular formula is C21H30NOP. The second kappa shape index (κ2) is 7.68. The van der Waals surface area contributed by atoms with Gasteiger partial charge in [-0.25, -0.2) is 0 Å². The van der Waals surface area contributed by atoms with E-state index in [1.165, 1.54) is 16.4 Å². The predicted molar refractivity (Wildman–Crippen MR) is 107 cm³/mol. The van der Waals surface area contributed by atoms with Gasteiger partial charge in [-0.3, -0.25) is 0 Å². The second-order valence-corrected chi connectivity index (χ2v) is 9.08. The normalized spacial score (nSPS) is 14.5. The molecule has 0 aliphatic heterocycles. The smallest absolute Gasteiger partial charge is 0.122 e. The fourth-order valence-electron chi connectivity index (χ4n) is 3.14. The fourth-order valence-corrected chi connectivity index (χ4v) is 4.74.